The van der Waals surface area contributed by atoms with E-state index in [-0.39, 0.29) is 29.4 Å². The largest absolute Gasteiger partial charge is 0.489 e. The van der Waals surface area contributed by atoms with Crippen molar-refractivity contribution in [3.63, 3.8) is 0 Å². The van der Waals surface area contributed by atoms with E-state index in [1.807, 2.05) is 36.1 Å². The summed E-state index contributed by atoms with van der Waals surface area (Å²) in [6.45, 7) is 7.50. The highest BCUT2D eigenvalue weighted by Gasteiger charge is 2.35. The highest BCUT2D eigenvalue weighted by molar-refractivity contribution is 5.76. The number of β-amino-alcohol motifs (C(OH)–C–C–N with tert-alkyl or cyclic N) is 1. The van der Waals surface area contributed by atoms with Gasteiger partial charge in [-0.2, -0.15) is 4.39 Å². The Hall–Kier alpha value is -2.74. The standard InChI is InChI=1S/C24H31FN4O3/c1-16(12-17(2)30)18-4-6-19(7-5-18)32-20-8-10-28(13-20)22-21(25)23(27-15-26-22)29-11-9-24(3,31)14-29/h4-7,15-16,20,31H,8-14H2,1-3H3/t16-,20?,24?/m1/s1. The normalized spacial score (nSPS) is 24.1. The number of carbonyl (C=O) groups excluding carboxylic acids is 1. The number of rotatable bonds is 7. The number of benzene rings is 1. The SMILES string of the molecule is CC(=O)C[C@@H](C)c1ccc(OC2CCN(c3ncnc(N4CCC(C)(O)C4)c3F)C2)cc1. The number of Topliss-reactive ketones (excluding diaryl/α,β-unsaturated/α-hetero) is 1. The van der Waals surface area contributed by atoms with Crippen LogP contribution in [0.25, 0.3) is 0 Å². The summed E-state index contributed by atoms with van der Waals surface area (Å²) in [5, 5.41) is 10.2. The summed E-state index contributed by atoms with van der Waals surface area (Å²) in [6, 6.07) is 7.85. The lowest BCUT2D eigenvalue weighted by Gasteiger charge is -2.23. The Balaban J connectivity index is 1.39. The van der Waals surface area contributed by atoms with Crippen LogP contribution in [0.5, 0.6) is 5.75 Å². The molecule has 2 aliphatic heterocycles. The Morgan fingerprint density at radius 3 is 2.56 bits per heavy atom. The van der Waals surface area contributed by atoms with E-state index in [1.54, 1.807) is 18.7 Å². The second kappa shape index (κ2) is 9.02. The van der Waals surface area contributed by atoms with Gasteiger partial charge in [0, 0.05) is 32.5 Å². The van der Waals surface area contributed by atoms with E-state index in [0.29, 0.717) is 39.0 Å². The molecule has 3 atom stereocenters. The number of halogens is 1. The molecule has 0 amide bonds. The van der Waals surface area contributed by atoms with Gasteiger partial charge in [-0.1, -0.05) is 19.1 Å². The minimum atomic E-state index is -0.830. The summed E-state index contributed by atoms with van der Waals surface area (Å²) in [7, 11) is 0. The van der Waals surface area contributed by atoms with Crippen LogP contribution in [0.1, 0.15) is 51.5 Å². The van der Waals surface area contributed by atoms with Gasteiger partial charge in [0.2, 0.25) is 5.82 Å². The van der Waals surface area contributed by atoms with Crippen LogP contribution in [0.15, 0.2) is 30.6 Å². The van der Waals surface area contributed by atoms with Crippen molar-refractivity contribution in [2.45, 2.75) is 57.7 Å². The van der Waals surface area contributed by atoms with Crippen molar-refractivity contribution >= 4 is 17.4 Å². The fourth-order valence-corrected chi connectivity index (χ4v) is 4.55. The van der Waals surface area contributed by atoms with Crippen LogP contribution in [0, 0.1) is 5.82 Å². The average Bonchev–Trinajstić information content (AvgIpc) is 3.34. The summed E-state index contributed by atoms with van der Waals surface area (Å²) >= 11 is 0. The van der Waals surface area contributed by atoms with Crippen LogP contribution < -0.4 is 14.5 Å². The second-order valence-corrected chi connectivity index (χ2v) is 9.35. The number of ether oxygens (including phenoxy) is 1. The van der Waals surface area contributed by atoms with E-state index in [2.05, 4.69) is 9.97 Å². The quantitative estimate of drug-likeness (QED) is 0.705. The van der Waals surface area contributed by atoms with Gasteiger partial charge in [0.1, 0.15) is 24.0 Å². The molecule has 2 saturated heterocycles. The molecule has 1 aromatic heterocycles. The summed E-state index contributed by atoms with van der Waals surface area (Å²) in [6.07, 6.45) is 3.19. The van der Waals surface area contributed by atoms with Gasteiger partial charge in [0.15, 0.2) is 11.6 Å². The molecule has 0 spiro atoms. The topological polar surface area (TPSA) is 78.8 Å². The van der Waals surface area contributed by atoms with Crippen molar-refractivity contribution in [2.24, 2.45) is 0 Å². The molecule has 1 aromatic carbocycles. The molecular formula is C24H31FN4O3. The Labute approximate surface area is 188 Å². The number of aliphatic hydroxyl groups is 1. The van der Waals surface area contributed by atoms with Crippen LogP contribution in [-0.2, 0) is 4.79 Å². The molecule has 172 valence electrons. The van der Waals surface area contributed by atoms with E-state index >= 15 is 4.39 Å². The first-order chi connectivity index (χ1) is 15.2. The molecule has 0 saturated carbocycles. The van der Waals surface area contributed by atoms with Crippen LogP contribution in [0.2, 0.25) is 0 Å². The second-order valence-electron chi connectivity index (χ2n) is 9.35. The maximum atomic E-state index is 15.2. The maximum absolute atomic E-state index is 15.2. The third-order valence-electron chi connectivity index (χ3n) is 6.29. The van der Waals surface area contributed by atoms with Crippen LogP contribution in [0.4, 0.5) is 16.0 Å². The van der Waals surface area contributed by atoms with Gasteiger partial charge in [0.25, 0.3) is 0 Å². The molecule has 8 heteroatoms. The number of anilines is 2. The van der Waals surface area contributed by atoms with Gasteiger partial charge in [-0.05, 0) is 43.9 Å². The average molecular weight is 443 g/mol. The molecular weight excluding hydrogens is 411 g/mol. The molecule has 0 aliphatic carbocycles. The smallest absolute Gasteiger partial charge is 0.208 e. The number of ketones is 1. The van der Waals surface area contributed by atoms with Gasteiger partial charge in [-0.3, -0.25) is 0 Å². The Morgan fingerprint density at radius 2 is 1.94 bits per heavy atom. The number of hydrogen-bond acceptors (Lipinski definition) is 7. The Morgan fingerprint density at radius 1 is 1.25 bits per heavy atom. The van der Waals surface area contributed by atoms with E-state index < -0.39 is 11.4 Å². The predicted octanol–water partition coefficient (Wildman–Crippen LogP) is 3.32. The summed E-state index contributed by atoms with van der Waals surface area (Å²) < 4.78 is 21.4. The lowest BCUT2D eigenvalue weighted by Crippen LogP contribution is -2.31. The summed E-state index contributed by atoms with van der Waals surface area (Å²) in [5.74, 6) is 1.19. The van der Waals surface area contributed by atoms with Crippen LogP contribution >= 0.6 is 0 Å². The van der Waals surface area contributed by atoms with Crippen molar-refractivity contribution in [1.29, 1.82) is 0 Å². The number of carbonyl (C=O) groups is 1. The molecule has 4 rings (SSSR count). The van der Waals surface area contributed by atoms with Gasteiger partial charge in [-0.25, -0.2) is 9.97 Å². The first kappa shape index (κ1) is 22.5. The fraction of sp³-hybridized carbons (Fsp3) is 0.542. The lowest BCUT2D eigenvalue weighted by atomic mass is 9.96. The third-order valence-corrected chi connectivity index (χ3v) is 6.29. The number of hydrogen-bond donors (Lipinski definition) is 1. The summed E-state index contributed by atoms with van der Waals surface area (Å²) in [4.78, 5) is 23.3. The van der Waals surface area contributed by atoms with Crippen molar-refractivity contribution in [2.75, 3.05) is 36.0 Å². The first-order valence-electron chi connectivity index (χ1n) is 11.2. The maximum Gasteiger partial charge on any atom is 0.208 e. The van der Waals surface area contributed by atoms with Crippen molar-refractivity contribution in [3.05, 3.63) is 42.0 Å². The van der Waals surface area contributed by atoms with Gasteiger partial charge in [0.05, 0.1) is 12.1 Å². The molecule has 1 N–H and O–H groups in total. The van der Waals surface area contributed by atoms with Gasteiger partial charge >= 0.3 is 0 Å². The highest BCUT2D eigenvalue weighted by atomic mass is 19.1. The molecule has 2 aliphatic rings. The molecule has 0 bridgehead atoms. The van der Waals surface area contributed by atoms with E-state index in [0.717, 1.165) is 17.7 Å². The van der Waals surface area contributed by atoms with E-state index in [1.165, 1.54) is 6.33 Å². The Kier molecular flexibility index (Phi) is 6.33. The fourth-order valence-electron chi connectivity index (χ4n) is 4.55. The molecule has 2 unspecified atom stereocenters. The monoisotopic (exact) mass is 442 g/mol. The van der Waals surface area contributed by atoms with E-state index in [4.69, 9.17) is 4.74 Å². The highest BCUT2D eigenvalue weighted by Crippen LogP contribution is 2.32. The predicted molar refractivity (Wildman–Crippen MR) is 121 cm³/mol. The molecule has 7 nitrogen and oxygen atoms in total. The summed E-state index contributed by atoms with van der Waals surface area (Å²) in [5.41, 5.74) is 0.279. The lowest BCUT2D eigenvalue weighted by molar-refractivity contribution is -0.117. The molecule has 2 fully saturated rings. The van der Waals surface area contributed by atoms with Gasteiger partial charge < -0.3 is 24.4 Å². The van der Waals surface area contributed by atoms with E-state index in [9.17, 15) is 9.90 Å². The third kappa shape index (κ3) is 5.01. The van der Waals surface area contributed by atoms with Crippen molar-refractivity contribution < 1.29 is 19.0 Å². The first-order valence-corrected chi connectivity index (χ1v) is 11.2. The van der Waals surface area contributed by atoms with Gasteiger partial charge in [-0.15, -0.1) is 0 Å². The molecule has 32 heavy (non-hydrogen) atoms. The Bertz CT molecular complexity index is 966. The van der Waals surface area contributed by atoms with Crippen molar-refractivity contribution in [3.8, 4) is 5.75 Å². The minimum absolute atomic E-state index is 0.0687. The zero-order valence-electron chi connectivity index (χ0n) is 18.9. The number of aromatic nitrogens is 2. The number of nitrogens with zero attached hydrogens (tertiary/aromatic N) is 4. The molecule has 3 heterocycles. The van der Waals surface area contributed by atoms with Crippen LogP contribution in [0.3, 0.4) is 0 Å². The zero-order chi connectivity index (χ0) is 22.9. The van der Waals surface area contributed by atoms with Crippen LogP contribution in [-0.4, -0.2) is 58.7 Å². The molecule has 2 aromatic rings. The zero-order valence-corrected chi connectivity index (χ0v) is 18.9. The minimum Gasteiger partial charge on any atom is -0.489 e. The van der Waals surface area contributed by atoms with Crippen molar-refractivity contribution in [1.82, 2.24) is 9.97 Å². The molecule has 0 radical (unpaired) electrons.